The van der Waals surface area contributed by atoms with Gasteiger partial charge in [-0.15, -0.1) is 24.0 Å². The van der Waals surface area contributed by atoms with E-state index in [4.69, 9.17) is 33.3 Å². The van der Waals surface area contributed by atoms with Gasteiger partial charge in [-0.25, -0.2) is 4.79 Å². The van der Waals surface area contributed by atoms with Gasteiger partial charge in [-0.1, -0.05) is 11.6 Å². The van der Waals surface area contributed by atoms with E-state index in [1.165, 1.54) is 31.4 Å². The maximum absolute atomic E-state index is 11.6. The lowest BCUT2D eigenvalue weighted by molar-refractivity contribution is -0.135. The topological polar surface area (TPSA) is 53.4 Å². The van der Waals surface area contributed by atoms with Gasteiger partial charge in [0.05, 0.1) is 12.0 Å². The molecule has 4 nitrogen and oxygen atoms in total. The fourth-order valence-electron chi connectivity index (χ4n) is 3.22. The molecule has 2 aliphatic carbocycles. The van der Waals surface area contributed by atoms with E-state index in [2.05, 4.69) is 17.0 Å². The zero-order chi connectivity index (χ0) is 19.4. The van der Waals surface area contributed by atoms with Crippen molar-refractivity contribution in [2.75, 3.05) is 24.6 Å². The molecule has 3 rings (SSSR count). The molecule has 0 radical (unpaired) electrons. The molecule has 0 aromatic heterocycles. The van der Waals surface area contributed by atoms with Crippen molar-refractivity contribution in [1.82, 2.24) is 0 Å². The van der Waals surface area contributed by atoms with Crippen LogP contribution < -0.4 is 4.90 Å². The summed E-state index contributed by atoms with van der Waals surface area (Å²) in [6, 6.07) is 6.10. The number of carbonyl (C=O) groups excluding carboxylic acids is 1. The van der Waals surface area contributed by atoms with Gasteiger partial charge in [0, 0.05) is 23.8 Å². The van der Waals surface area contributed by atoms with Gasteiger partial charge >= 0.3 is 5.97 Å². The second-order valence-corrected chi connectivity index (χ2v) is 8.64. The highest BCUT2D eigenvalue weighted by Gasteiger charge is 2.30. The number of benzene rings is 1. The molecule has 2 fully saturated rings. The predicted molar refractivity (Wildman–Crippen MR) is 119 cm³/mol. The molecule has 0 saturated heterocycles. The molecule has 2 saturated carbocycles. The summed E-state index contributed by atoms with van der Waals surface area (Å²) in [6.45, 7) is 4.23. The summed E-state index contributed by atoms with van der Waals surface area (Å²) in [5, 5.41) is 8.11. The van der Waals surface area contributed by atoms with Gasteiger partial charge in [0.15, 0.2) is 0 Å². The van der Waals surface area contributed by atoms with Crippen LogP contribution in [0.2, 0.25) is 5.02 Å². The minimum atomic E-state index is -0.568. The highest BCUT2D eigenvalue weighted by molar-refractivity contribution is 6.35. The van der Waals surface area contributed by atoms with E-state index < -0.39 is 5.97 Å². The van der Waals surface area contributed by atoms with Crippen LogP contribution in [0.4, 0.5) is 5.69 Å². The molecule has 156 valence electrons. The number of rotatable bonds is 11. The molecule has 2 aliphatic rings. The lowest BCUT2D eigenvalue weighted by Gasteiger charge is -2.26. The Morgan fingerprint density at radius 2 is 1.86 bits per heavy atom. The number of hydrogen-bond acceptors (Lipinski definition) is 4. The number of ether oxygens (including phenoxy) is 1. The van der Waals surface area contributed by atoms with Crippen LogP contribution in [0.1, 0.15) is 56.4 Å². The summed E-state index contributed by atoms with van der Waals surface area (Å²) < 4.78 is 4.86. The number of nitrogens with zero attached hydrogens (tertiary/aromatic N) is 1. The van der Waals surface area contributed by atoms with E-state index in [9.17, 15) is 4.79 Å². The normalized spacial score (nSPS) is 16.8. The molecule has 1 atom stereocenters. The van der Waals surface area contributed by atoms with Crippen molar-refractivity contribution >= 4 is 53.0 Å². The molecule has 0 heterocycles. The standard InChI is InChI=1S/C21H28Cl2N2O2.ClH/c1-2-27-21(26)20(24)10-9-19(23)17-11-16(7-8-18(17)22)25(12-14-3-4-14)13-15-5-6-15;/h7-8,11,14-15,19,24H,2-6,9-10,12-13H2,1H3;1H. The van der Waals surface area contributed by atoms with E-state index in [1.54, 1.807) is 6.92 Å². The van der Waals surface area contributed by atoms with Crippen molar-refractivity contribution in [3.8, 4) is 0 Å². The number of hydrogen-bond donors (Lipinski definition) is 1. The number of nitrogens with one attached hydrogen (secondary N) is 1. The Labute approximate surface area is 183 Å². The molecule has 1 aromatic carbocycles. The Kier molecular flexibility index (Phi) is 8.91. The summed E-state index contributed by atoms with van der Waals surface area (Å²) in [7, 11) is 0. The van der Waals surface area contributed by atoms with E-state index in [0.29, 0.717) is 11.4 Å². The molecule has 1 N–H and O–H groups in total. The maximum Gasteiger partial charge on any atom is 0.351 e. The van der Waals surface area contributed by atoms with Gasteiger partial charge in [0.1, 0.15) is 5.71 Å². The summed E-state index contributed by atoms with van der Waals surface area (Å²) in [6.07, 6.45) is 6.08. The number of anilines is 1. The molecular weight excluding hydrogens is 419 g/mol. The predicted octanol–water partition coefficient (Wildman–Crippen LogP) is 6.03. The first-order valence-corrected chi connectivity index (χ1v) is 10.7. The van der Waals surface area contributed by atoms with Crippen LogP contribution in [0, 0.1) is 17.2 Å². The second-order valence-electron chi connectivity index (χ2n) is 7.70. The van der Waals surface area contributed by atoms with Crippen molar-refractivity contribution in [2.45, 2.75) is 50.8 Å². The zero-order valence-corrected chi connectivity index (χ0v) is 18.6. The lowest BCUT2D eigenvalue weighted by atomic mass is 10.0. The Morgan fingerprint density at radius 1 is 1.25 bits per heavy atom. The third kappa shape index (κ3) is 6.82. The average molecular weight is 448 g/mol. The highest BCUT2D eigenvalue weighted by Crippen LogP contribution is 2.38. The van der Waals surface area contributed by atoms with Crippen LogP contribution in [0.25, 0.3) is 0 Å². The van der Waals surface area contributed by atoms with Crippen molar-refractivity contribution in [3.63, 3.8) is 0 Å². The van der Waals surface area contributed by atoms with Crippen LogP contribution >= 0.6 is 35.6 Å². The first-order chi connectivity index (χ1) is 13.0. The minimum absolute atomic E-state index is 0. The van der Waals surface area contributed by atoms with Crippen molar-refractivity contribution in [2.24, 2.45) is 11.8 Å². The lowest BCUT2D eigenvalue weighted by Crippen LogP contribution is -2.28. The maximum atomic E-state index is 11.6. The van der Waals surface area contributed by atoms with Crippen LogP contribution in [0.3, 0.4) is 0 Å². The molecule has 28 heavy (non-hydrogen) atoms. The molecule has 0 spiro atoms. The first kappa shape index (κ1) is 23.3. The Morgan fingerprint density at radius 3 is 2.39 bits per heavy atom. The van der Waals surface area contributed by atoms with Crippen molar-refractivity contribution < 1.29 is 9.53 Å². The Bertz CT molecular complexity index is 676. The monoisotopic (exact) mass is 446 g/mol. The fourth-order valence-corrected chi connectivity index (χ4v) is 3.82. The SMILES string of the molecule is CCOC(=O)C(=N)CCC(Cl)c1cc(N(CC2CC2)CC2CC2)ccc1Cl.Cl. The second kappa shape index (κ2) is 10.7. The van der Waals surface area contributed by atoms with Crippen LogP contribution in [-0.2, 0) is 9.53 Å². The molecular formula is C21H29Cl3N2O2. The molecule has 7 heteroatoms. The summed E-state index contributed by atoms with van der Waals surface area (Å²) in [4.78, 5) is 14.1. The van der Waals surface area contributed by atoms with Gasteiger partial charge in [-0.3, -0.25) is 5.41 Å². The number of esters is 1. The summed E-state index contributed by atoms with van der Waals surface area (Å²) >= 11 is 13.0. The third-order valence-electron chi connectivity index (χ3n) is 5.20. The zero-order valence-electron chi connectivity index (χ0n) is 16.3. The van der Waals surface area contributed by atoms with E-state index in [1.807, 2.05) is 6.07 Å². The van der Waals surface area contributed by atoms with Gasteiger partial charge in [-0.2, -0.15) is 0 Å². The van der Waals surface area contributed by atoms with Gasteiger partial charge in [0.2, 0.25) is 0 Å². The van der Waals surface area contributed by atoms with Crippen LogP contribution in [0.5, 0.6) is 0 Å². The van der Waals surface area contributed by atoms with E-state index in [0.717, 1.165) is 30.5 Å². The van der Waals surface area contributed by atoms with Gasteiger partial charge in [0.25, 0.3) is 0 Å². The average Bonchev–Trinajstić information content (AvgIpc) is 3.56. The number of halogens is 3. The Balaban J connectivity index is 0.00000280. The number of carbonyl (C=O) groups is 1. The van der Waals surface area contributed by atoms with Crippen LogP contribution in [-0.4, -0.2) is 31.4 Å². The Hall–Kier alpha value is -0.970. The quantitative estimate of drug-likeness (QED) is 0.256. The fraction of sp³-hybridized carbons (Fsp3) is 0.619. The van der Waals surface area contributed by atoms with Gasteiger partial charge in [-0.05, 0) is 81.0 Å². The molecule has 1 aromatic rings. The van der Waals surface area contributed by atoms with Gasteiger partial charge < -0.3 is 9.64 Å². The largest absolute Gasteiger partial charge is 0.462 e. The molecule has 0 amide bonds. The summed E-state index contributed by atoms with van der Waals surface area (Å²) in [5.74, 6) is 1.07. The first-order valence-electron chi connectivity index (χ1n) is 9.91. The minimum Gasteiger partial charge on any atom is -0.462 e. The number of alkyl halides is 1. The molecule has 0 aliphatic heterocycles. The van der Waals surface area contributed by atoms with E-state index in [-0.39, 0.29) is 36.5 Å². The van der Waals surface area contributed by atoms with Crippen LogP contribution in [0.15, 0.2) is 18.2 Å². The third-order valence-corrected chi connectivity index (χ3v) is 6.00. The summed E-state index contributed by atoms with van der Waals surface area (Å²) in [5.41, 5.74) is 2.02. The van der Waals surface area contributed by atoms with E-state index >= 15 is 0 Å². The van der Waals surface area contributed by atoms with Crippen molar-refractivity contribution in [1.29, 1.82) is 5.41 Å². The highest BCUT2D eigenvalue weighted by atomic mass is 35.5. The van der Waals surface area contributed by atoms with Crippen molar-refractivity contribution in [3.05, 3.63) is 28.8 Å². The molecule has 1 unspecified atom stereocenters. The smallest absolute Gasteiger partial charge is 0.351 e. The molecule has 0 bridgehead atoms.